The number of nitrogens with zero attached hydrogens (tertiary/aromatic N) is 2. The highest BCUT2D eigenvalue weighted by molar-refractivity contribution is 7.89. The molecule has 1 aliphatic carbocycles. The standard InChI is InChI=1S/C27H37N3O3S/c1-22-9-15-26(16-10-22)34(32,33)30-19-17-29(18-20-30)21-23-11-13-24(14-12-23)27(31)28-25-7-5-3-2-4-6-8-25/h9-16,25H,2-8,17-21H2,1H3,(H,28,31). The van der Waals surface area contributed by atoms with Crippen molar-refractivity contribution < 1.29 is 13.2 Å². The molecule has 2 aromatic rings. The Morgan fingerprint density at radius 1 is 0.853 bits per heavy atom. The minimum atomic E-state index is -3.44. The molecule has 0 bridgehead atoms. The largest absolute Gasteiger partial charge is 0.349 e. The molecule has 0 radical (unpaired) electrons. The van der Waals surface area contributed by atoms with Crippen LogP contribution in [0.4, 0.5) is 0 Å². The molecule has 2 aliphatic rings. The summed E-state index contributed by atoms with van der Waals surface area (Å²) < 4.78 is 27.4. The number of aryl methyl sites for hydroxylation is 1. The van der Waals surface area contributed by atoms with Gasteiger partial charge < -0.3 is 5.32 Å². The maximum absolute atomic E-state index is 12.9. The van der Waals surface area contributed by atoms with E-state index in [1.54, 1.807) is 16.4 Å². The van der Waals surface area contributed by atoms with Gasteiger partial charge in [-0.2, -0.15) is 4.31 Å². The molecular weight excluding hydrogens is 446 g/mol. The van der Waals surface area contributed by atoms with Crippen LogP contribution in [-0.4, -0.2) is 55.8 Å². The first kappa shape index (κ1) is 24.9. The number of nitrogens with one attached hydrogen (secondary N) is 1. The molecule has 1 heterocycles. The predicted octanol–water partition coefficient (Wildman–Crippen LogP) is 4.34. The lowest BCUT2D eigenvalue weighted by atomic mass is 9.96. The van der Waals surface area contributed by atoms with E-state index in [1.807, 2.05) is 43.3 Å². The zero-order valence-electron chi connectivity index (χ0n) is 20.2. The van der Waals surface area contributed by atoms with Crippen molar-refractivity contribution >= 4 is 15.9 Å². The fourth-order valence-corrected chi connectivity index (χ4v) is 6.30. The van der Waals surface area contributed by atoms with Crippen molar-refractivity contribution in [3.05, 3.63) is 65.2 Å². The molecule has 1 amide bonds. The molecule has 184 valence electrons. The zero-order chi connectivity index (χ0) is 24.0. The molecular formula is C27H37N3O3S. The van der Waals surface area contributed by atoms with Gasteiger partial charge in [-0.3, -0.25) is 9.69 Å². The van der Waals surface area contributed by atoms with Crippen molar-refractivity contribution in [2.24, 2.45) is 0 Å². The van der Waals surface area contributed by atoms with Crippen LogP contribution in [0.15, 0.2) is 53.4 Å². The van der Waals surface area contributed by atoms with E-state index >= 15 is 0 Å². The van der Waals surface area contributed by atoms with Crippen LogP contribution in [0.25, 0.3) is 0 Å². The molecule has 2 aromatic carbocycles. The average molecular weight is 484 g/mol. The van der Waals surface area contributed by atoms with Crippen LogP contribution in [0.5, 0.6) is 0 Å². The third-order valence-electron chi connectivity index (χ3n) is 7.05. The number of sulfonamides is 1. The Labute approximate surface area is 204 Å². The molecule has 2 fully saturated rings. The van der Waals surface area contributed by atoms with Crippen LogP contribution in [0, 0.1) is 6.92 Å². The van der Waals surface area contributed by atoms with E-state index in [0.717, 1.165) is 30.5 Å². The molecule has 6 nitrogen and oxygen atoms in total. The minimum absolute atomic E-state index is 0.0204. The van der Waals surface area contributed by atoms with Gasteiger partial charge in [0.25, 0.3) is 5.91 Å². The van der Waals surface area contributed by atoms with E-state index in [0.29, 0.717) is 42.7 Å². The molecule has 1 aliphatic heterocycles. The number of hydrogen-bond acceptors (Lipinski definition) is 4. The van der Waals surface area contributed by atoms with Crippen molar-refractivity contribution in [2.45, 2.75) is 69.4 Å². The monoisotopic (exact) mass is 483 g/mol. The molecule has 0 aromatic heterocycles. The Balaban J connectivity index is 1.27. The van der Waals surface area contributed by atoms with Gasteiger partial charge in [-0.25, -0.2) is 8.42 Å². The summed E-state index contributed by atoms with van der Waals surface area (Å²) in [6.07, 6.45) is 8.41. The molecule has 1 N–H and O–H groups in total. The summed E-state index contributed by atoms with van der Waals surface area (Å²) in [6, 6.07) is 15.2. The van der Waals surface area contributed by atoms with Crippen molar-refractivity contribution in [1.82, 2.24) is 14.5 Å². The highest BCUT2D eigenvalue weighted by Crippen LogP contribution is 2.20. The number of amides is 1. The van der Waals surface area contributed by atoms with Crippen LogP contribution >= 0.6 is 0 Å². The van der Waals surface area contributed by atoms with Crippen LogP contribution in [0.3, 0.4) is 0 Å². The summed E-state index contributed by atoms with van der Waals surface area (Å²) in [5.41, 5.74) is 2.89. The van der Waals surface area contributed by atoms with Gasteiger partial charge in [0.05, 0.1) is 4.90 Å². The number of hydrogen-bond donors (Lipinski definition) is 1. The fraction of sp³-hybridized carbons (Fsp3) is 0.519. The number of piperazine rings is 1. The van der Waals surface area contributed by atoms with Gasteiger partial charge in [0.2, 0.25) is 10.0 Å². The van der Waals surface area contributed by atoms with E-state index in [9.17, 15) is 13.2 Å². The fourth-order valence-electron chi connectivity index (χ4n) is 4.88. The topological polar surface area (TPSA) is 69.7 Å². The zero-order valence-corrected chi connectivity index (χ0v) is 21.0. The molecule has 34 heavy (non-hydrogen) atoms. The van der Waals surface area contributed by atoms with E-state index in [1.165, 1.54) is 32.1 Å². The molecule has 7 heteroatoms. The second-order valence-electron chi connectivity index (χ2n) is 9.71. The molecule has 1 saturated carbocycles. The van der Waals surface area contributed by atoms with Gasteiger partial charge in [0, 0.05) is 44.3 Å². The van der Waals surface area contributed by atoms with Gasteiger partial charge in [0.15, 0.2) is 0 Å². The molecule has 4 rings (SSSR count). The highest BCUT2D eigenvalue weighted by Gasteiger charge is 2.28. The molecule has 0 atom stereocenters. The lowest BCUT2D eigenvalue weighted by Gasteiger charge is -2.34. The Hall–Kier alpha value is -2.22. The summed E-state index contributed by atoms with van der Waals surface area (Å²) >= 11 is 0. The minimum Gasteiger partial charge on any atom is -0.349 e. The summed E-state index contributed by atoms with van der Waals surface area (Å²) in [5, 5.41) is 3.23. The van der Waals surface area contributed by atoms with E-state index < -0.39 is 10.0 Å². The van der Waals surface area contributed by atoms with E-state index in [4.69, 9.17) is 0 Å². The predicted molar refractivity (Wildman–Crippen MR) is 135 cm³/mol. The lowest BCUT2D eigenvalue weighted by Crippen LogP contribution is -2.48. The molecule has 1 saturated heterocycles. The summed E-state index contributed by atoms with van der Waals surface area (Å²) in [5.74, 6) is 0.0204. The van der Waals surface area contributed by atoms with Gasteiger partial charge in [-0.15, -0.1) is 0 Å². The third-order valence-corrected chi connectivity index (χ3v) is 8.97. The Bertz CT molecular complexity index is 1040. The summed E-state index contributed by atoms with van der Waals surface area (Å²) in [6.45, 7) is 5.05. The van der Waals surface area contributed by atoms with Gasteiger partial charge in [0.1, 0.15) is 0 Å². The Morgan fingerprint density at radius 2 is 1.44 bits per heavy atom. The van der Waals surface area contributed by atoms with Crippen LogP contribution in [0.2, 0.25) is 0 Å². The normalized spacial score (nSPS) is 19.3. The smallest absolute Gasteiger partial charge is 0.251 e. The number of carbonyl (C=O) groups is 1. The quantitative estimate of drug-likeness (QED) is 0.663. The maximum Gasteiger partial charge on any atom is 0.251 e. The van der Waals surface area contributed by atoms with Crippen molar-refractivity contribution in [1.29, 1.82) is 0 Å². The second kappa shape index (κ2) is 11.5. The van der Waals surface area contributed by atoms with Crippen molar-refractivity contribution in [3.8, 4) is 0 Å². The van der Waals surface area contributed by atoms with E-state index in [-0.39, 0.29) is 5.91 Å². The maximum atomic E-state index is 12.9. The first-order valence-corrected chi connectivity index (χ1v) is 14.0. The highest BCUT2D eigenvalue weighted by atomic mass is 32.2. The lowest BCUT2D eigenvalue weighted by molar-refractivity contribution is 0.0930. The number of rotatable bonds is 6. The van der Waals surface area contributed by atoms with Gasteiger partial charge >= 0.3 is 0 Å². The van der Waals surface area contributed by atoms with Crippen LogP contribution < -0.4 is 5.32 Å². The van der Waals surface area contributed by atoms with Crippen LogP contribution in [0.1, 0.15) is 66.4 Å². The van der Waals surface area contributed by atoms with Gasteiger partial charge in [-0.05, 0) is 49.6 Å². The third kappa shape index (κ3) is 6.46. The van der Waals surface area contributed by atoms with Crippen molar-refractivity contribution in [2.75, 3.05) is 26.2 Å². The average Bonchev–Trinajstić information content (AvgIpc) is 2.82. The van der Waals surface area contributed by atoms with E-state index in [2.05, 4.69) is 10.2 Å². The first-order valence-electron chi connectivity index (χ1n) is 12.6. The second-order valence-corrected chi connectivity index (χ2v) is 11.6. The summed E-state index contributed by atoms with van der Waals surface area (Å²) in [4.78, 5) is 15.3. The Morgan fingerprint density at radius 3 is 2.06 bits per heavy atom. The van der Waals surface area contributed by atoms with Crippen LogP contribution in [-0.2, 0) is 16.6 Å². The summed E-state index contributed by atoms with van der Waals surface area (Å²) in [7, 11) is -3.44. The number of carbonyl (C=O) groups excluding carboxylic acids is 1. The number of benzene rings is 2. The Kier molecular flexibility index (Phi) is 8.40. The SMILES string of the molecule is Cc1ccc(S(=O)(=O)N2CCN(Cc3ccc(C(=O)NC4CCCCCCC4)cc3)CC2)cc1. The molecule has 0 spiro atoms. The van der Waals surface area contributed by atoms with Gasteiger partial charge in [-0.1, -0.05) is 61.9 Å². The van der Waals surface area contributed by atoms with Crippen molar-refractivity contribution in [3.63, 3.8) is 0 Å². The molecule has 0 unspecified atom stereocenters. The first-order chi connectivity index (χ1) is 16.4.